The fourth-order valence-corrected chi connectivity index (χ4v) is 3.02. The zero-order valence-corrected chi connectivity index (χ0v) is 17.8. The maximum atomic E-state index is 12.6. The van der Waals surface area contributed by atoms with Crippen LogP contribution < -0.4 is 5.32 Å². The molecule has 1 N–H and O–H groups in total. The van der Waals surface area contributed by atoms with Gasteiger partial charge < -0.3 is 10.1 Å². The summed E-state index contributed by atoms with van der Waals surface area (Å²) in [4.78, 5) is 25.0. The second-order valence-electron chi connectivity index (χ2n) is 8.02. The van der Waals surface area contributed by atoms with E-state index in [-0.39, 0.29) is 11.3 Å². The van der Waals surface area contributed by atoms with Gasteiger partial charge in [0.15, 0.2) is 6.10 Å². The van der Waals surface area contributed by atoms with Gasteiger partial charge in [-0.05, 0) is 54.0 Å². The molecule has 2 aromatic carbocycles. The van der Waals surface area contributed by atoms with E-state index in [4.69, 9.17) is 4.74 Å². The lowest BCUT2D eigenvalue weighted by Gasteiger charge is -2.19. The highest BCUT2D eigenvalue weighted by atomic mass is 16.5. The molecule has 0 aliphatic heterocycles. The van der Waals surface area contributed by atoms with Crippen LogP contribution in [0.3, 0.4) is 0 Å². The molecule has 0 fully saturated rings. The molecule has 0 aliphatic carbocycles. The lowest BCUT2D eigenvalue weighted by atomic mass is 9.87. The molecule has 2 aromatic rings. The van der Waals surface area contributed by atoms with Crippen molar-refractivity contribution in [1.82, 2.24) is 0 Å². The van der Waals surface area contributed by atoms with Gasteiger partial charge in [0.25, 0.3) is 5.91 Å². The second kappa shape index (κ2) is 9.05. The van der Waals surface area contributed by atoms with Gasteiger partial charge in [-0.25, -0.2) is 4.79 Å². The van der Waals surface area contributed by atoms with Crippen molar-refractivity contribution in [3.63, 3.8) is 0 Å². The van der Waals surface area contributed by atoms with Crippen LogP contribution in [0.25, 0.3) is 0 Å². The third kappa shape index (κ3) is 5.22. The Bertz CT molecular complexity index is 810. The minimum absolute atomic E-state index is 0.0132. The molecule has 150 valence electrons. The Hall–Kier alpha value is -2.62. The number of amides is 1. The summed E-state index contributed by atoms with van der Waals surface area (Å²) >= 11 is 0. The van der Waals surface area contributed by atoms with E-state index >= 15 is 0 Å². The van der Waals surface area contributed by atoms with E-state index in [1.54, 1.807) is 19.1 Å². The number of rotatable bonds is 6. The number of carbonyl (C=O) groups is 2. The molecule has 0 aliphatic rings. The number of nitrogens with one attached hydrogen (secondary N) is 1. The smallest absolute Gasteiger partial charge is 0.338 e. The van der Waals surface area contributed by atoms with Crippen LogP contribution in [0.1, 0.15) is 68.6 Å². The molecule has 0 heterocycles. The number of esters is 1. The summed E-state index contributed by atoms with van der Waals surface area (Å²) in [6, 6.07) is 13.3. The average molecular weight is 382 g/mol. The van der Waals surface area contributed by atoms with E-state index in [2.05, 4.69) is 39.9 Å². The quantitative estimate of drug-likeness (QED) is 0.692. The Morgan fingerprint density at radius 2 is 1.50 bits per heavy atom. The summed E-state index contributed by atoms with van der Waals surface area (Å²) in [5, 5.41) is 2.95. The van der Waals surface area contributed by atoms with Gasteiger partial charge in [0.1, 0.15) is 0 Å². The molecule has 2 rings (SSSR count). The summed E-state index contributed by atoms with van der Waals surface area (Å²) in [5.74, 6) is -0.821. The standard InChI is InChI=1S/C24H31NO3/c1-7-17-10-9-11-18(8-2)21(17)25-22(26)16(3)28-23(27)19-12-14-20(15-13-19)24(4,5)6/h9-16H,7-8H2,1-6H3,(H,25,26)/t16-/m0/s1. The zero-order valence-electron chi connectivity index (χ0n) is 17.8. The van der Waals surface area contributed by atoms with Crippen molar-refractivity contribution in [2.75, 3.05) is 5.32 Å². The summed E-state index contributed by atoms with van der Waals surface area (Å²) in [7, 11) is 0. The van der Waals surface area contributed by atoms with Crippen molar-refractivity contribution in [2.45, 2.75) is 65.9 Å². The van der Waals surface area contributed by atoms with Crippen LogP contribution in [0.5, 0.6) is 0 Å². The number of hydrogen-bond donors (Lipinski definition) is 1. The fourth-order valence-electron chi connectivity index (χ4n) is 3.02. The van der Waals surface area contributed by atoms with Crippen molar-refractivity contribution in [3.8, 4) is 0 Å². The summed E-state index contributed by atoms with van der Waals surface area (Å²) in [5.41, 5.74) is 4.57. The first kappa shape index (κ1) is 21.7. The molecule has 0 saturated heterocycles. The highest BCUT2D eigenvalue weighted by molar-refractivity contribution is 5.98. The predicted octanol–water partition coefficient (Wildman–Crippen LogP) is 5.29. The molecule has 0 aromatic heterocycles. The van der Waals surface area contributed by atoms with Crippen LogP contribution in [0.15, 0.2) is 42.5 Å². The molecule has 4 heteroatoms. The normalized spacial score (nSPS) is 12.4. The van der Waals surface area contributed by atoms with Gasteiger partial charge in [-0.2, -0.15) is 0 Å². The van der Waals surface area contributed by atoms with Crippen LogP contribution in [-0.2, 0) is 27.8 Å². The van der Waals surface area contributed by atoms with Crippen molar-refractivity contribution in [3.05, 3.63) is 64.7 Å². The van der Waals surface area contributed by atoms with E-state index in [1.807, 2.05) is 30.3 Å². The molecule has 0 bridgehead atoms. The lowest BCUT2D eigenvalue weighted by molar-refractivity contribution is -0.123. The monoisotopic (exact) mass is 381 g/mol. The fraction of sp³-hybridized carbons (Fsp3) is 0.417. The topological polar surface area (TPSA) is 55.4 Å². The van der Waals surface area contributed by atoms with E-state index in [0.717, 1.165) is 35.2 Å². The van der Waals surface area contributed by atoms with Crippen molar-refractivity contribution in [2.24, 2.45) is 0 Å². The average Bonchev–Trinajstić information content (AvgIpc) is 2.67. The van der Waals surface area contributed by atoms with Crippen molar-refractivity contribution >= 4 is 17.6 Å². The van der Waals surface area contributed by atoms with Gasteiger partial charge in [-0.3, -0.25) is 4.79 Å². The maximum Gasteiger partial charge on any atom is 0.338 e. The third-order valence-electron chi connectivity index (χ3n) is 4.89. The highest BCUT2D eigenvalue weighted by Gasteiger charge is 2.21. The van der Waals surface area contributed by atoms with Gasteiger partial charge in [0.2, 0.25) is 0 Å². The largest absolute Gasteiger partial charge is 0.449 e. The number of para-hydroxylation sites is 1. The van der Waals surface area contributed by atoms with Gasteiger partial charge in [-0.1, -0.05) is 65.0 Å². The van der Waals surface area contributed by atoms with Crippen LogP contribution in [0.4, 0.5) is 5.69 Å². The van der Waals surface area contributed by atoms with Gasteiger partial charge in [0, 0.05) is 5.69 Å². The van der Waals surface area contributed by atoms with Gasteiger partial charge in [-0.15, -0.1) is 0 Å². The van der Waals surface area contributed by atoms with E-state index < -0.39 is 12.1 Å². The van der Waals surface area contributed by atoms with Crippen molar-refractivity contribution < 1.29 is 14.3 Å². The van der Waals surface area contributed by atoms with Crippen LogP contribution in [0, 0.1) is 0 Å². The van der Waals surface area contributed by atoms with Gasteiger partial charge >= 0.3 is 5.97 Å². The summed E-state index contributed by atoms with van der Waals surface area (Å²) < 4.78 is 5.39. The lowest BCUT2D eigenvalue weighted by Crippen LogP contribution is -2.30. The van der Waals surface area contributed by atoms with Crippen molar-refractivity contribution in [1.29, 1.82) is 0 Å². The number of aryl methyl sites for hydroxylation is 2. The minimum Gasteiger partial charge on any atom is -0.449 e. The van der Waals surface area contributed by atoms with E-state index in [1.165, 1.54) is 0 Å². The molecule has 4 nitrogen and oxygen atoms in total. The highest BCUT2D eigenvalue weighted by Crippen LogP contribution is 2.24. The maximum absolute atomic E-state index is 12.6. The van der Waals surface area contributed by atoms with E-state index in [9.17, 15) is 9.59 Å². The van der Waals surface area contributed by atoms with Crippen LogP contribution >= 0.6 is 0 Å². The van der Waals surface area contributed by atoms with Crippen LogP contribution in [-0.4, -0.2) is 18.0 Å². The first-order valence-corrected chi connectivity index (χ1v) is 9.90. The number of hydrogen-bond acceptors (Lipinski definition) is 3. The first-order valence-electron chi connectivity index (χ1n) is 9.90. The van der Waals surface area contributed by atoms with E-state index in [0.29, 0.717) is 5.56 Å². The molecule has 0 spiro atoms. The first-order chi connectivity index (χ1) is 13.2. The Balaban J connectivity index is 2.07. The molecule has 0 saturated carbocycles. The Morgan fingerprint density at radius 3 is 1.96 bits per heavy atom. The molecule has 28 heavy (non-hydrogen) atoms. The predicted molar refractivity (Wildman–Crippen MR) is 114 cm³/mol. The number of ether oxygens (including phenoxy) is 1. The molecule has 0 unspecified atom stereocenters. The number of benzene rings is 2. The molecule has 0 radical (unpaired) electrons. The zero-order chi connectivity index (χ0) is 20.9. The summed E-state index contributed by atoms with van der Waals surface area (Å²) in [6.07, 6.45) is 0.750. The van der Waals surface area contributed by atoms with Gasteiger partial charge in [0.05, 0.1) is 5.56 Å². The van der Waals surface area contributed by atoms with Crippen LogP contribution in [0.2, 0.25) is 0 Å². The number of anilines is 1. The number of carbonyl (C=O) groups excluding carboxylic acids is 2. The minimum atomic E-state index is -0.885. The Morgan fingerprint density at radius 1 is 0.964 bits per heavy atom. The third-order valence-corrected chi connectivity index (χ3v) is 4.89. The Kier molecular flexibility index (Phi) is 7.00. The summed E-state index contributed by atoms with van der Waals surface area (Å²) in [6.45, 7) is 12.0. The Labute approximate surface area is 168 Å². The molecule has 1 atom stereocenters. The SMILES string of the molecule is CCc1cccc(CC)c1NC(=O)[C@H](C)OC(=O)c1ccc(C(C)(C)C)cc1. The second-order valence-corrected chi connectivity index (χ2v) is 8.02. The molecule has 1 amide bonds. The molecular weight excluding hydrogens is 350 g/mol. The molecular formula is C24H31NO3.